The monoisotopic (exact) mass is 406 g/mol. The third-order valence-corrected chi connectivity index (χ3v) is 4.30. The SMILES string of the molecule is CCCCCCCCCCCCCCCCOC(=O)CCC(=O)O.[Zn]. The van der Waals surface area contributed by atoms with Crippen LogP contribution in [0.25, 0.3) is 0 Å². The van der Waals surface area contributed by atoms with E-state index in [1.54, 1.807) is 0 Å². The van der Waals surface area contributed by atoms with Crippen molar-refractivity contribution < 1.29 is 38.9 Å². The van der Waals surface area contributed by atoms with E-state index in [2.05, 4.69) is 6.92 Å². The molecule has 4 nitrogen and oxygen atoms in total. The van der Waals surface area contributed by atoms with Gasteiger partial charge in [0.1, 0.15) is 0 Å². The van der Waals surface area contributed by atoms with Crippen LogP contribution in [0.4, 0.5) is 0 Å². The second-order valence-corrected chi connectivity index (χ2v) is 6.71. The van der Waals surface area contributed by atoms with Gasteiger partial charge in [-0.2, -0.15) is 0 Å². The van der Waals surface area contributed by atoms with Gasteiger partial charge in [-0.15, -0.1) is 0 Å². The molecule has 0 fully saturated rings. The van der Waals surface area contributed by atoms with Crippen molar-refractivity contribution in [2.75, 3.05) is 6.61 Å². The number of unbranched alkanes of at least 4 members (excludes halogenated alkanes) is 13. The van der Waals surface area contributed by atoms with Crippen LogP contribution in [-0.4, -0.2) is 23.7 Å². The van der Waals surface area contributed by atoms with Gasteiger partial charge in [0.15, 0.2) is 0 Å². The van der Waals surface area contributed by atoms with Crippen molar-refractivity contribution in [1.29, 1.82) is 0 Å². The molecule has 1 N–H and O–H groups in total. The largest absolute Gasteiger partial charge is 0.481 e. The first-order valence-corrected chi connectivity index (χ1v) is 10.0. The van der Waals surface area contributed by atoms with E-state index in [9.17, 15) is 9.59 Å². The first-order valence-electron chi connectivity index (χ1n) is 10.0. The predicted octanol–water partition coefficient (Wildman–Crippen LogP) is 5.87. The van der Waals surface area contributed by atoms with Crippen LogP contribution >= 0.6 is 0 Å². The number of aliphatic carboxylic acids is 1. The Bertz CT molecular complexity index is 308. The fourth-order valence-corrected chi connectivity index (χ4v) is 2.76. The minimum absolute atomic E-state index is 0. The van der Waals surface area contributed by atoms with Crippen LogP contribution < -0.4 is 0 Å². The average molecular weight is 408 g/mol. The number of esters is 1. The zero-order valence-corrected chi connectivity index (χ0v) is 19.4. The zero-order chi connectivity index (χ0) is 17.9. The molecule has 0 amide bonds. The molecule has 144 valence electrons. The summed E-state index contributed by atoms with van der Waals surface area (Å²) in [7, 11) is 0. The van der Waals surface area contributed by atoms with E-state index < -0.39 is 11.9 Å². The average Bonchev–Trinajstić information content (AvgIpc) is 2.56. The molecule has 0 aliphatic heterocycles. The molecule has 0 saturated carbocycles. The molecule has 0 heterocycles. The Morgan fingerprint density at radius 1 is 0.680 bits per heavy atom. The second-order valence-electron chi connectivity index (χ2n) is 6.71. The number of carboxylic acid groups (broad SMARTS) is 1. The van der Waals surface area contributed by atoms with Crippen molar-refractivity contribution >= 4 is 11.9 Å². The maximum absolute atomic E-state index is 11.2. The van der Waals surface area contributed by atoms with E-state index >= 15 is 0 Å². The molecule has 0 aromatic heterocycles. The number of carboxylic acids is 1. The van der Waals surface area contributed by atoms with Gasteiger partial charge in [0.05, 0.1) is 19.4 Å². The minimum atomic E-state index is -0.955. The molecular formula is C20H38O4Zn. The van der Waals surface area contributed by atoms with Gasteiger partial charge in [-0.1, -0.05) is 90.4 Å². The molecule has 0 spiro atoms. The summed E-state index contributed by atoms with van der Waals surface area (Å²) in [6.45, 7) is 2.69. The third kappa shape index (κ3) is 23.6. The number of hydrogen-bond acceptors (Lipinski definition) is 3. The van der Waals surface area contributed by atoms with Gasteiger partial charge in [-0.25, -0.2) is 0 Å². The summed E-state index contributed by atoms with van der Waals surface area (Å²) in [5.74, 6) is -1.35. The molecule has 0 aromatic carbocycles. The third-order valence-electron chi connectivity index (χ3n) is 4.30. The molecule has 25 heavy (non-hydrogen) atoms. The van der Waals surface area contributed by atoms with Crippen LogP contribution in [0.5, 0.6) is 0 Å². The van der Waals surface area contributed by atoms with E-state index in [1.165, 1.54) is 77.0 Å². The molecule has 0 rings (SSSR count). The summed E-state index contributed by atoms with van der Waals surface area (Å²) >= 11 is 0. The quantitative estimate of drug-likeness (QED) is 0.175. The topological polar surface area (TPSA) is 63.6 Å². The molecule has 0 unspecified atom stereocenters. The Labute approximate surface area is 167 Å². The normalized spacial score (nSPS) is 10.3. The minimum Gasteiger partial charge on any atom is -0.481 e. The zero-order valence-electron chi connectivity index (χ0n) is 16.4. The smallest absolute Gasteiger partial charge is 0.306 e. The van der Waals surface area contributed by atoms with Crippen LogP contribution in [0.15, 0.2) is 0 Å². The first kappa shape index (κ1) is 26.8. The predicted molar refractivity (Wildman–Crippen MR) is 98.1 cm³/mol. The van der Waals surface area contributed by atoms with Gasteiger partial charge in [0.2, 0.25) is 0 Å². The van der Waals surface area contributed by atoms with Gasteiger partial charge in [0, 0.05) is 19.5 Å². The molecule has 5 heteroatoms. The maximum atomic E-state index is 11.2. The van der Waals surface area contributed by atoms with Gasteiger partial charge in [0.25, 0.3) is 0 Å². The Balaban J connectivity index is 0. The van der Waals surface area contributed by atoms with Crippen molar-refractivity contribution in [2.45, 2.75) is 110 Å². The summed E-state index contributed by atoms with van der Waals surface area (Å²) in [5, 5.41) is 8.46. The summed E-state index contributed by atoms with van der Waals surface area (Å²) in [4.78, 5) is 21.5. The van der Waals surface area contributed by atoms with Gasteiger partial charge < -0.3 is 9.84 Å². The molecular weight excluding hydrogens is 370 g/mol. The maximum Gasteiger partial charge on any atom is 0.306 e. The number of carbonyl (C=O) groups is 2. The van der Waals surface area contributed by atoms with Gasteiger partial charge in [-0.3, -0.25) is 9.59 Å². The molecule has 0 saturated heterocycles. The molecule has 0 bridgehead atoms. The summed E-state index contributed by atoms with van der Waals surface area (Å²) in [5.41, 5.74) is 0. The first-order chi connectivity index (χ1) is 11.7. The van der Waals surface area contributed by atoms with Crippen molar-refractivity contribution in [3.05, 3.63) is 0 Å². The van der Waals surface area contributed by atoms with E-state index in [0.717, 1.165) is 12.8 Å². The van der Waals surface area contributed by atoms with Crippen LogP contribution in [0.1, 0.15) is 110 Å². The Kier molecular flexibility index (Phi) is 23.2. The fraction of sp³-hybridized carbons (Fsp3) is 0.900. The molecule has 0 aromatic rings. The molecule has 0 aliphatic rings. The van der Waals surface area contributed by atoms with E-state index in [4.69, 9.17) is 9.84 Å². The number of rotatable bonds is 18. The molecule has 0 atom stereocenters. The Morgan fingerprint density at radius 3 is 1.48 bits per heavy atom. The van der Waals surface area contributed by atoms with Crippen molar-refractivity contribution in [2.24, 2.45) is 0 Å². The van der Waals surface area contributed by atoms with Gasteiger partial charge in [-0.05, 0) is 6.42 Å². The van der Waals surface area contributed by atoms with Crippen LogP contribution in [0.3, 0.4) is 0 Å². The van der Waals surface area contributed by atoms with Crippen molar-refractivity contribution in [3.63, 3.8) is 0 Å². The van der Waals surface area contributed by atoms with Crippen LogP contribution in [-0.2, 0) is 33.8 Å². The van der Waals surface area contributed by atoms with E-state index in [-0.39, 0.29) is 32.3 Å². The summed E-state index contributed by atoms with van der Waals surface area (Å²) in [6.07, 6.45) is 18.0. The van der Waals surface area contributed by atoms with Crippen LogP contribution in [0.2, 0.25) is 0 Å². The Hall–Kier alpha value is -0.437. The standard InChI is InChI=1S/C20H38O4.Zn/c1-2-3-4-5-6-7-8-9-10-11-12-13-14-15-18-24-20(23)17-16-19(21)22;/h2-18H2,1H3,(H,21,22);. The second kappa shape index (κ2) is 21.6. The number of hydrogen-bond donors (Lipinski definition) is 1. The molecule has 0 radical (unpaired) electrons. The summed E-state index contributed by atoms with van der Waals surface area (Å²) in [6, 6.07) is 0. The number of ether oxygens (including phenoxy) is 1. The van der Waals surface area contributed by atoms with Crippen molar-refractivity contribution in [3.8, 4) is 0 Å². The van der Waals surface area contributed by atoms with Crippen LogP contribution in [0, 0.1) is 0 Å². The van der Waals surface area contributed by atoms with E-state index in [1.807, 2.05) is 0 Å². The van der Waals surface area contributed by atoms with E-state index in [0.29, 0.717) is 6.61 Å². The fourth-order valence-electron chi connectivity index (χ4n) is 2.76. The Morgan fingerprint density at radius 2 is 1.08 bits per heavy atom. The molecule has 0 aliphatic carbocycles. The van der Waals surface area contributed by atoms with Crippen molar-refractivity contribution in [1.82, 2.24) is 0 Å². The summed E-state index contributed by atoms with van der Waals surface area (Å²) < 4.78 is 5.00. The number of carbonyl (C=O) groups excluding carboxylic acids is 1. The van der Waals surface area contributed by atoms with Gasteiger partial charge >= 0.3 is 11.9 Å².